The van der Waals surface area contributed by atoms with Gasteiger partial charge in [-0.3, -0.25) is 14.9 Å². The summed E-state index contributed by atoms with van der Waals surface area (Å²) in [5.74, 6) is 1.02. The van der Waals surface area contributed by atoms with Crippen LogP contribution < -0.4 is 14.8 Å². The molecule has 0 bridgehead atoms. The van der Waals surface area contributed by atoms with E-state index in [1.807, 2.05) is 63.2 Å². The Bertz CT molecular complexity index is 1400. The van der Waals surface area contributed by atoms with Crippen molar-refractivity contribution >= 4 is 17.3 Å². The second-order valence-electron chi connectivity index (χ2n) is 8.08. The monoisotopic (exact) mass is 472 g/mol. The number of nitrogens with zero attached hydrogens (tertiary/aromatic N) is 3. The summed E-state index contributed by atoms with van der Waals surface area (Å²) < 4.78 is 13.1. The number of hydrogen-bond acceptors (Lipinski definition) is 6. The number of ether oxygens (including phenoxy) is 2. The lowest BCUT2D eigenvalue weighted by Crippen LogP contribution is -2.14. The van der Waals surface area contributed by atoms with Gasteiger partial charge in [0.15, 0.2) is 12.4 Å². The number of nitro benzene ring substituents is 1. The maximum Gasteiger partial charge on any atom is 0.276 e. The van der Waals surface area contributed by atoms with Crippen LogP contribution >= 0.6 is 0 Å². The van der Waals surface area contributed by atoms with E-state index in [-0.39, 0.29) is 29.5 Å². The highest BCUT2D eigenvalue weighted by Gasteiger charge is 2.16. The molecule has 0 spiro atoms. The predicted molar refractivity (Wildman–Crippen MR) is 131 cm³/mol. The number of nitrogens with one attached hydrogen (secondary N) is 1. The van der Waals surface area contributed by atoms with E-state index < -0.39 is 10.8 Å². The quantitative estimate of drug-likeness (QED) is 0.257. The molecular weight excluding hydrogens is 448 g/mol. The molecule has 1 N–H and O–H groups in total. The van der Waals surface area contributed by atoms with E-state index >= 15 is 0 Å². The molecule has 9 nitrogen and oxygen atoms in total. The van der Waals surface area contributed by atoms with Crippen molar-refractivity contribution in [3.05, 3.63) is 105 Å². The van der Waals surface area contributed by atoms with Gasteiger partial charge in [0.1, 0.15) is 17.2 Å². The summed E-state index contributed by atoms with van der Waals surface area (Å²) in [7, 11) is 0. The Morgan fingerprint density at radius 1 is 1.00 bits per heavy atom. The van der Waals surface area contributed by atoms with Crippen LogP contribution in [-0.2, 0) is 6.73 Å². The number of amides is 1. The number of carbonyl (C=O) groups is 1. The molecule has 1 amide bonds. The van der Waals surface area contributed by atoms with E-state index in [0.29, 0.717) is 5.75 Å². The lowest BCUT2D eigenvalue weighted by molar-refractivity contribution is -0.384. The van der Waals surface area contributed by atoms with E-state index in [9.17, 15) is 14.9 Å². The SMILES string of the molecule is Cc1ccc(C)c(Oc2cc(NC(=O)c3ccn(COc4ccccc4C)n3)cc([N+](=O)[O-])c2)c1. The van der Waals surface area contributed by atoms with Crippen molar-refractivity contribution in [3.63, 3.8) is 0 Å². The minimum Gasteiger partial charge on any atom is -0.471 e. The average molecular weight is 473 g/mol. The van der Waals surface area contributed by atoms with Gasteiger partial charge in [0.05, 0.1) is 16.7 Å². The van der Waals surface area contributed by atoms with Crippen LogP contribution in [0, 0.1) is 30.9 Å². The number of carbonyl (C=O) groups excluding carboxylic acids is 1. The van der Waals surface area contributed by atoms with Crippen molar-refractivity contribution in [3.8, 4) is 17.2 Å². The molecule has 0 atom stereocenters. The van der Waals surface area contributed by atoms with Crippen molar-refractivity contribution in [2.45, 2.75) is 27.5 Å². The minimum absolute atomic E-state index is 0.128. The first-order valence-electron chi connectivity index (χ1n) is 10.9. The molecule has 35 heavy (non-hydrogen) atoms. The average Bonchev–Trinajstić information content (AvgIpc) is 3.30. The maximum absolute atomic E-state index is 12.8. The summed E-state index contributed by atoms with van der Waals surface area (Å²) >= 11 is 0. The molecule has 9 heteroatoms. The number of rotatable bonds is 8. The minimum atomic E-state index is -0.538. The van der Waals surface area contributed by atoms with Gasteiger partial charge in [0.2, 0.25) is 0 Å². The number of nitro groups is 1. The second-order valence-corrected chi connectivity index (χ2v) is 8.08. The lowest BCUT2D eigenvalue weighted by Gasteiger charge is -2.11. The summed E-state index contributed by atoms with van der Waals surface area (Å²) in [5.41, 5.74) is 3.01. The largest absolute Gasteiger partial charge is 0.471 e. The van der Waals surface area contributed by atoms with E-state index in [2.05, 4.69) is 10.4 Å². The number of para-hydroxylation sites is 1. The highest BCUT2D eigenvalue weighted by atomic mass is 16.6. The molecule has 178 valence electrons. The third kappa shape index (κ3) is 5.83. The maximum atomic E-state index is 12.8. The van der Waals surface area contributed by atoms with Crippen molar-refractivity contribution in [1.82, 2.24) is 9.78 Å². The number of aromatic nitrogens is 2. The van der Waals surface area contributed by atoms with Gasteiger partial charge < -0.3 is 14.8 Å². The highest BCUT2D eigenvalue weighted by Crippen LogP contribution is 2.32. The molecule has 1 aromatic heterocycles. The molecule has 1 heterocycles. The van der Waals surface area contributed by atoms with Gasteiger partial charge in [0, 0.05) is 18.3 Å². The van der Waals surface area contributed by atoms with Crippen LogP contribution in [-0.4, -0.2) is 20.6 Å². The molecule has 0 aliphatic rings. The van der Waals surface area contributed by atoms with Crippen LogP contribution in [0.4, 0.5) is 11.4 Å². The second kappa shape index (κ2) is 10.1. The summed E-state index contributed by atoms with van der Waals surface area (Å²) in [6.07, 6.45) is 1.62. The topological polar surface area (TPSA) is 109 Å². The molecule has 4 rings (SSSR count). The molecule has 0 saturated carbocycles. The third-order valence-electron chi connectivity index (χ3n) is 5.25. The first-order valence-corrected chi connectivity index (χ1v) is 10.9. The number of hydrogen-bond donors (Lipinski definition) is 1. The zero-order valence-electron chi connectivity index (χ0n) is 19.5. The van der Waals surface area contributed by atoms with Crippen molar-refractivity contribution in [2.24, 2.45) is 0 Å². The van der Waals surface area contributed by atoms with Gasteiger partial charge in [-0.2, -0.15) is 5.10 Å². The van der Waals surface area contributed by atoms with E-state index in [1.165, 1.54) is 22.9 Å². The van der Waals surface area contributed by atoms with Crippen LogP contribution in [0.15, 0.2) is 72.9 Å². The highest BCUT2D eigenvalue weighted by molar-refractivity contribution is 6.03. The molecular formula is C26H24N4O5. The van der Waals surface area contributed by atoms with Crippen LogP contribution in [0.5, 0.6) is 17.2 Å². The van der Waals surface area contributed by atoms with Crippen LogP contribution in [0.2, 0.25) is 0 Å². The Morgan fingerprint density at radius 2 is 1.77 bits per heavy atom. The molecule has 0 unspecified atom stereocenters. The smallest absolute Gasteiger partial charge is 0.276 e. The van der Waals surface area contributed by atoms with Gasteiger partial charge in [-0.25, -0.2) is 4.68 Å². The molecule has 0 fully saturated rings. The van der Waals surface area contributed by atoms with E-state index in [4.69, 9.17) is 9.47 Å². The summed E-state index contributed by atoms with van der Waals surface area (Å²) in [6.45, 7) is 5.88. The molecule has 3 aromatic carbocycles. The fourth-order valence-corrected chi connectivity index (χ4v) is 3.37. The zero-order valence-corrected chi connectivity index (χ0v) is 19.5. The number of anilines is 1. The Kier molecular flexibility index (Phi) is 6.77. The fourth-order valence-electron chi connectivity index (χ4n) is 3.37. The van der Waals surface area contributed by atoms with Gasteiger partial charge >= 0.3 is 0 Å². The fraction of sp³-hybridized carbons (Fsp3) is 0.154. The van der Waals surface area contributed by atoms with Crippen molar-refractivity contribution < 1.29 is 19.2 Å². The van der Waals surface area contributed by atoms with Gasteiger partial charge in [-0.15, -0.1) is 0 Å². The Morgan fingerprint density at radius 3 is 2.54 bits per heavy atom. The van der Waals surface area contributed by atoms with Gasteiger partial charge in [0.25, 0.3) is 11.6 Å². The first kappa shape index (κ1) is 23.5. The molecule has 0 aliphatic heterocycles. The number of non-ortho nitro benzene ring substituents is 1. The van der Waals surface area contributed by atoms with Crippen LogP contribution in [0.3, 0.4) is 0 Å². The summed E-state index contributed by atoms with van der Waals surface area (Å²) in [4.78, 5) is 23.7. The number of benzene rings is 3. The first-order chi connectivity index (χ1) is 16.8. The molecule has 0 aliphatic carbocycles. The third-order valence-corrected chi connectivity index (χ3v) is 5.25. The Labute approximate surface area is 202 Å². The van der Waals surface area contributed by atoms with Gasteiger partial charge in [-0.05, 0) is 55.7 Å². The summed E-state index contributed by atoms with van der Waals surface area (Å²) in [5, 5.41) is 18.4. The standard InChI is InChI=1S/C26H24N4O5/c1-17-8-9-19(3)25(12-17)35-22-14-20(13-21(15-22)30(32)33)27-26(31)23-10-11-29(28-23)16-34-24-7-5-4-6-18(24)2/h4-15H,16H2,1-3H3,(H,27,31). The summed E-state index contributed by atoms with van der Waals surface area (Å²) in [6, 6.07) is 19.0. The van der Waals surface area contributed by atoms with Crippen molar-refractivity contribution in [1.29, 1.82) is 0 Å². The normalized spacial score (nSPS) is 10.6. The van der Waals surface area contributed by atoms with E-state index in [0.717, 1.165) is 22.4 Å². The van der Waals surface area contributed by atoms with E-state index in [1.54, 1.807) is 12.3 Å². The molecule has 0 saturated heterocycles. The van der Waals surface area contributed by atoms with Crippen LogP contribution in [0.25, 0.3) is 0 Å². The Hall–Kier alpha value is -4.66. The molecule has 4 aromatic rings. The zero-order chi connectivity index (χ0) is 24.9. The Balaban J connectivity index is 1.49. The molecule has 0 radical (unpaired) electrons. The predicted octanol–water partition coefficient (Wildman–Crippen LogP) is 5.80. The number of aryl methyl sites for hydroxylation is 3. The van der Waals surface area contributed by atoms with Gasteiger partial charge in [-0.1, -0.05) is 30.3 Å². The lowest BCUT2D eigenvalue weighted by atomic mass is 10.1. The van der Waals surface area contributed by atoms with Crippen LogP contribution in [0.1, 0.15) is 27.2 Å². The van der Waals surface area contributed by atoms with Crippen molar-refractivity contribution in [2.75, 3.05) is 5.32 Å².